The fourth-order valence-electron chi connectivity index (χ4n) is 2.00. The van der Waals surface area contributed by atoms with Crippen molar-refractivity contribution >= 4 is 42.1 Å². The average molecular weight is 303 g/mol. The second-order valence-electron chi connectivity index (χ2n) is 4.28. The molecule has 2 rings (SSSR count). The zero-order valence-electron chi connectivity index (χ0n) is 10.7. The molecule has 0 unspecified atom stereocenters. The molecule has 0 radical (unpaired) electrons. The predicted molar refractivity (Wildman–Crippen MR) is 86.7 cm³/mol. The van der Waals surface area contributed by atoms with Crippen molar-refractivity contribution in [2.75, 3.05) is 0 Å². The van der Waals surface area contributed by atoms with Crippen LogP contribution in [-0.4, -0.2) is 6.29 Å². The topological polar surface area (TPSA) is 17.1 Å². The zero-order valence-corrected chi connectivity index (χ0v) is 12.2. The van der Waals surface area contributed by atoms with Gasteiger partial charge in [-0.25, -0.2) is 0 Å². The summed E-state index contributed by atoms with van der Waals surface area (Å²) in [5, 5.41) is 2.75. The summed E-state index contributed by atoms with van der Waals surface area (Å²) in [6.45, 7) is 7.60. The van der Waals surface area contributed by atoms with E-state index in [0.29, 0.717) is 15.6 Å². The van der Waals surface area contributed by atoms with E-state index in [2.05, 4.69) is 13.2 Å². The second-order valence-corrected chi connectivity index (χ2v) is 5.13. The molecule has 0 fully saturated rings. The van der Waals surface area contributed by atoms with Crippen LogP contribution in [0.4, 0.5) is 0 Å². The van der Waals surface area contributed by atoms with Gasteiger partial charge in [0.2, 0.25) is 0 Å². The number of hydrogen-bond donors (Lipinski definition) is 0. The van der Waals surface area contributed by atoms with Crippen LogP contribution >= 0.6 is 23.2 Å². The van der Waals surface area contributed by atoms with Crippen molar-refractivity contribution in [2.45, 2.75) is 0 Å². The lowest BCUT2D eigenvalue weighted by Gasteiger charge is -2.08. The van der Waals surface area contributed by atoms with E-state index >= 15 is 0 Å². The SMILES string of the molecule is C=C/C=c1/cc(-c2cc(Cl)ccc2Cl)c(C=O)cc1=C. The Labute approximate surface area is 127 Å². The van der Waals surface area contributed by atoms with E-state index in [9.17, 15) is 4.79 Å². The Morgan fingerprint density at radius 3 is 2.45 bits per heavy atom. The van der Waals surface area contributed by atoms with E-state index < -0.39 is 0 Å². The fraction of sp³-hybridized carbons (Fsp3) is 0. The van der Waals surface area contributed by atoms with Crippen molar-refractivity contribution in [3.8, 4) is 11.1 Å². The normalized spacial score (nSPS) is 11.4. The lowest BCUT2D eigenvalue weighted by molar-refractivity contribution is 0.112. The number of carbonyl (C=O) groups excluding carboxylic acids is 1. The van der Waals surface area contributed by atoms with Crippen molar-refractivity contribution < 1.29 is 4.79 Å². The van der Waals surface area contributed by atoms with E-state index in [4.69, 9.17) is 23.2 Å². The molecular formula is C17H12Cl2O. The average Bonchev–Trinajstić information content (AvgIpc) is 2.43. The quantitative estimate of drug-likeness (QED) is 0.787. The van der Waals surface area contributed by atoms with E-state index in [1.807, 2.05) is 12.1 Å². The monoisotopic (exact) mass is 302 g/mol. The van der Waals surface area contributed by atoms with E-state index in [-0.39, 0.29) is 0 Å². The van der Waals surface area contributed by atoms with Gasteiger partial charge in [0.25, 0.3) is 0 Å². The van der Waals surface area contributed by atoms with Crippen LogP contribution < -0.4 is 10.4 Å². The smallest absolute Gasteiger partial charge is 0.150 e. The largest absolute Gasteiger partial charge is 0.298 e. The molecule has 0 saturated heterocycles. The van der Waals surface area contributed by atoms with Crippen LogP contribution in [0.15, 0.2) is 43.0 Å². The molecule has 1 nitrogen and oxygen atoms in total. The van der Waals surface area contributed by atoms with E-state index in [1.165, 1.54) is 0 Å². The zero-order chi connectivity index (χ0) is 14.7. The highest BCUT2D eigenvalue weighted by Gasteiger charge is 2.09. The van der Waals surface area contributed by atoms with Gasteiger partial charge >= 0.3 is 0 Å². The molecule has 0 aromatic heterocycles. The van der Waals surface area contributed by atoms with Crippen molar-refractivity contribution in [3.63, 3.8) is 0 Å². The van der Waals surface area contributed by atoms with Gasteiger partial charge in [0.05, 0.1) is 0 Å². The Bertz CT molecular complexity index is 791. The Kier molecular flexibility index (Phi) is 4.43. The molecule has 0 spiro atoms. The summed E-state index contributed by atoms with van der Waals surface area (Å²) in [6.07, 6.45) is 4.30. The fourth-order valence-corrected chi connectivity index (χ4v) is 2.39. The molecule has 2 aromatic rings. The summed E-state index contributed by atoms with van der Waals surface area (Å²) >= 11 is 12.2. The van der Waals surface area contributed by atoms with E-state index in [1.54, 1.807) is 30.3 Å². The summed E-state index contributed by atoms with van der Waals surface area (Å²) in [6, 6.07) is 8.76. The third kappa shape index (κ3) is 2.84. The standard InChI is InChI=1S/C17H12Cl2O/c1-3-4-12-8-15(13(10-20)7-11(12)2)16-9-14(18)5-6-17(16)19/h3-10H,1-2H2/b12-4-. The predicted octanol–water partition coefficient (Wildman–Crippen LogP) is 3.85. The molecule has 3 heteroatoms. The number of aldehydes is 1. The number of halogens is 2. The molecule has 0 aliphatic carbocycles. The van der Waals surface area contributed by atoms with Gasteiger partial charge in [0.1, 0.15) is 0 Å². The maximum absolute atomic E-state index is 11.3. The second kappa shape index (κ2) is 6.08. The highest BCUT2D eigenvalue weighted by molar-refractivity contribution is 6.35. The molecule has 0 aliphatic rings. The number of carbonyl (C=O) groups is 1. The molecule has 0 amide bonds. The third-order valence-corrected chi connectivity index (χ3v) is 3.52. The van der Waals surface area contributed by atoms with Crippen LogP contribution in [0.2, 0.25) is 10.0 Å². The molecular weight excluding hydrogens is 291 g/mol. The maximum atomic E-state index is 11.3. The Morgan fingerprint density at radius 1 is 1.05 bits per heavy atom. The number of rotatable bonds is 3. The summed E-state index contributed by atoms with van der Waals surface area (Å²) < 4.78 is 0. The van der Waals surface area contributed by atoms with Crippen LogP contribution in [0.25, 0.3) is 23.8 Å². The Balaban J connectivity index is 2.85. The van der Waals surface area contributed by atoms with Crippen LogP contribution in [-0.2, 0) is 0 Å². The van der Waals surface area contributed by atoms with Gasteiger partial charge in [-0.2, -0.15) is 0 Å². The highest BCUT2D eigenvalue weighted by Crippen LogP contribution is 2.31. The minimum absolute atomic E-state index is 0.528. The first kappa shape index (κ1) is 14.6. The van der Waals surface area contributed by atoms with Gasteiger partial charge in [-0.1, -0.05) is 48.5 Å². The first-order valence-electron chi connectivity index (χ1n) is 5.93. The number of allylic oxidation sites excluding steroid dienone is 1. The molecule has 0 heterocycles. The molecule has 0 bridgehead atoms. The van der Waals surface area contributed by atoms with Crippen LogP contribution in [0, 0.1) is 0 Å². The van der Waals surface area contributed by atoms with Gasteiger partial charge in [-0.3, -0.25) is 4.79 Å². The lowest BCUT2D eigenvalue weighted by atomic mass is 9.98. The minimum atomic E-state index is 0.528. The maximum Gasteiger partial charge on any atom is 0.150 e. The molecule has 2 aromatic carbocycles. The van der Waals surface area contributed by atoms with Crippen LogP contribution in [0.3, 0.4) is 0 Å². The van der Waals surface area contributed by atoms with Crippen molar-refractivity contribution in [2.24, 2.45) is 0 Å². The lowest BCUT2D eigenvalue weighted by Crippen LogP contribution is -2.23. The molecule has 0 atom stereocenters. The first-order chi connectivity index (χ1) is 9.56. The van der Waals surface area contributed by atoms with Gasteiger partial charge in [0.15, 0.2) is 6.29 Å². The molecule has 0 saturated carbocycles. The summed E-state index contributed by atoms with van der Waals surface area (Å²) in [4.78, 5) is 11.3. The summed E-state index contributed by atoms with van der Waals surface area (Å²) in [7, 11) is 0. The van der Waals surface area contributed by atoms with Crippen molar-refractivity contribution in [3.05, 3.63) is 69.0 Å². The Morgan fingerprint density at radius 2 is 1.80 bits per heavy atom. The van der Waals surface area contributed by atoms with Gasteiger partial charge in [0, 0.05) is 21.2 Å². The molecule has 100 valence electrons. The molecule has 20 heavy (non-hydrogen) atoms. The Hall–Kier alpha value is -1.83. The van der Waals surface area contributed by atoms with Gasteiger partial charge in [-0.15, -0.1) is 0 Å². The van der Waals surface area contributed by atoms with Gasteiger partial charge in [-0.05, 0) is 46.3 Å². The van der Waals surface area contributed by atoms with Gasteiger partial charge < -0.3 is 0 Å². The first-order valence-corrected chi connectivity index (χ1v) is 6.68. The molecule has 0 aliphatic heterocycles. The summed E-state index contributed by atoms with van der Waals surface area (Å²) in [5.74, 6) is 0. The third-order valence-electron chi connectivity index (χ3n) is 2.95. The van der Waals surface area contributed by atoms with Crippen molar-refractivity contribution in [1.29, 1.82) is 0 Å². The van der Waals surface area contributed by atoms with Crippen LogP contribution in [0.1, 0.15) is 10.4 Å². The van der Waals surface area contributed by atoms with Crippen molar-refractivity contribution in [1.82, 2.24) is 0 Å². The highest BCUT2D eigenvalue weighted by atomic mass is 35.5. The number of benzene rings is 2. The summed E-state index contributed by atoms with van der Waals surface area (Å²) in [5.41, 5.74) is 1.98. The number of hydrogen-bond acceptors (Lipinski definition) is 1. The van der Waals surface area contributed by atoms with Crippen LogP contribution in [0.5, 0.6) is 0 Å². The minimum Gasteiger partial charge on any atom is -0.298 e. The van der Waals surface area contributed by atoms with E-state index in [0.717, 1.165) is 27.9 Å². The molecule has 0 N–H and O–H groups in total.